The summed E-state index contributed by atoms with van der Waals surface area (Å²) in [5.41, 5.74) is 0. The maximum Gasteiger partial charge on any atom is 2.00 e. The third kappa shape index (κ3) is 37.2. The molecule has 30 valence electrons. The van der Waals surface area contributed by atoms with Crippen LogP contribution in [-0.4, -0.2) is 41.8 Å². The van der Waals surface area contributed by atoms with Gasteiger partial charge in [-0.3, -0.25) is 4.46 Å². The molecule has 0 aliphatic heterocycles. The van der Waals surface area contributed by atoms with Gasteiger partial charge in [0.25, 0.3) is 0 Å². The number of rotatable bonds is 0. The predicted molar refractivity (Wildman–Crippen MR) is 20.0 cm³/mol. The fourth-order valence-corrected chi connectivity index (χ4v) is 0. The zero-order valence-electron chi connectivity index (χ0n) is 6.51. The van der Waals surface area contributed by atoms with Gasteiger partial charge in [0.1, 0.15) is 0 Å². The van der Waals surface area contributed by atoms with Crippen molar-refractivity contribution in [1.82, 2.24) is 0 Å². The van der Waals surface area contributed by atoms with Gasteiger partial charge in [-0.1, -0.05) is 0 Å². The molecule has 0 atom stereocenters. The first kappa shape index (κ1) is 15.7. The molecule has 0 unspecified atom stereocenters. The summed E-state index contributed by atoms with van der Waals surface area (Å²) in [6.07, 6.45) is 0. The molecule has 0 fully saturated rings. The summed E-state index contributed by atoms with van der Waals surface area (Å²) in [6, 6.07) is 0. The van der Waals surface area contributed by atoms with Crippen LogP contribution in [0.5, 0.6) is 0 Å². The fraction of sp³-hybridized carbons (Fsp3) is 0. The molecule has 0 bridgehead atoms. The van der Waals surface area contributed by atoms with E-state index in [4.69, 9.17) is 14.1 Å². The van der Waals surface area contributed by atoms with Crippen LogP contribution in [-0.2, 0) is 4.46 Å². The van der Waals surface area contributed by atoms with E-state index in [1.807, 2.05) is 0 Å². The maximum absolute atomic E-state index is 8.74. The maximum atomic E-state index is 8.74. The molecule has 2 N–H and O–H groups in total. The molecule has 0 saturated heterocycles. The molecule has 0 heterocycles. The second-order valence-electron chi connectivity index (χ2n) is 0.283. The minimum absolute atomic E-state index is 0. The van der Waals surface area contributed by atoms with Crippen LogP contribution in [0.15, 0.2) is 0 Å². The minimum atomic E-state index is -3.13. The standard InChI is InChI=1S/K.Mg.H2O3Si.3H/c;;1-4(2)3;;;/h;;1-2H;;;/q+1;+2;;3*-1. The Hall–Kier alpha value is 2.02. The van der Waals surface area contributed by atoms with Crippen molar-refractivity contribution in [3.8, 4) is 0 Å². The summed E-state index contributed by atoms with van der Waals surface area (Å²) in [6.45, 7) is 0. The van der Waals surface area contributed by atoms with Crippen LogP contribution in [0.3, 0.4) is 0 Å². The van der Waals surface area contributed by atoms with E-state index in [0.717, 1.165) is 0 Å². The molecule has 0 radical (unpaired) electrons. The van der Waals surface area contributed by atoms with E-state index in [1.54, 1.807) is 0 Å². The summed E-state index contributed by atoms with van der Waals surface area (Å²) >= 11 is 0. The molecule has 0 aromatic carbocycles. The van der Waals surface area contributed by atoms with E-state index in [9.17, 15) is 0 Å². The number of hydrogen-bond donors (Lipinski definition) is 2. The normalized spacial score (nSPS) is 4.00. The van der Waals surface area contributed by atoms with Gasteiger partial charge in [0.05, 0.1) is 0 Å². The fourth-order valence-electron chi connectivity index (χ4n) is 0. The molecule has 0 aliphatic carbocycles. The third-order valence-electron chi connectivity index (χ3n) is 0. The predicted octanol–water partition coefficient (Wildman–Crippen LogP) is -4.65. The summed E-state index contributed by atoms with van der Waals surface area (Å²) in [5, 5.41) is 0. The van der Waals surface area contributed by atoms with Crippen molar-refractivity contribution in [3.05, 3.63) is 0 Å². The van der Waals surface area contributed by atoms with Gasteiger partial charge in [-0.25, -0.2) is 0 Å². The second kappa shape index (κ2) is 10.1. The van der Waals surface area contributed by atoms with Crippen LogP contribution >= 0.6 is 0 Å². The van der Waals surface area contributed by atoms with E-state index in [1.165, 1.54) is 0 Å². The first-order valence-electron chi connectivity index (χ1n) is 0.651. The van der Waals surface area contributed by atoms with Crippen LogP contribution in [0.4, 0.5) is 0 Å². The molecule has 0 rings (SSSR count). The largest absolute Gasteiger partial charge is 2.00 e. The van der Waals surface area contributed by atoms with Crippen molar-refractivity contribution in [2.75, 3.05) is 0 Å². The van der Waals surface area contributed by atoms with Crippen molar-refractivity contribution >= 4 is 32.2 Å². The van der Waals surface area contributed by atoms with E-state index in [-0.39, 0.29) is 78.7 Å². The van der Waals surface area contributed by atoms with Crippen molar-refractivity contribution in [3.63, 3.8) is 0 Å². The van der Waals surface area contributed by atoms with E-state index in [2.05, 4.69) is 0 Å². The van der Waals surface area contributed by atoms with E-state index < -0.39 is 9.17 Å². The van der Waals surface area contributed by atoms with Crippen LogP contribution in [0.25, 0.3) is 0 Å². The van der Waals surface area contributed by atoms with Crippen LogP contribution in [0, 0.1) is 0 Å². The van der Waals surface area contributed by atoms with Gasteiger partial charge in [-0.15, -0.1) is 0 Å². The Labute approximate surface area is 100 Å². The third-order valence-corrected chi connectivity index (χ3v) is 0. The Morgan fingerprint density at radius 1 is 1.50 bits per heavy atom. The molecule has 0 spiro atoms. The SMILES string of the molecule is O=[Si](O)O.[H-].[H-].[H-].[K+].[Mg+2]. The topological polar surface area (TPSA) is 57.5 Å². The molecule has 6 heteroatoms. The average Bonchev–Trinajstić information content (AvgIpc) is 0.811. The van der Waals surface area contributed by atoms with Gasteiger partial charge in [0.2, 0.25) is 0 Å². The first-order chi connectivity index (χ1) is 1.73. The van der Waals surface area contributed by atoms with E-state index >= 15 is 0 Å². The molecule has 0 aromatic heterocycles. The van der Waals surface area contributed by atoms with Crippen molar-refractivity contribution < 1.29 is 69.7 Å². The van der Waals surface area contributed by atoms with Gasteiger partial charge in [0.15, 0.2) is 0 Å². The van der Waals surface area contributed by atoms with Crippen LogP contribution in [0.2, 0.25) is 0 Å². The van der Waals surface area contributed by atoms with Crippen molar-refractivity contribution in [2.24, 2.45) is 0 Å². The smallest absolute Gasteiger partial charge is 1.00 e. The van der Waals surface area contributed by atoms with Crippen LogP contribution in [0.1, 0.15) is 4.28 Å². The minimum Gasteiger partial charge on any atom is -1.00 e. The number of hydrogen-bond acceptors (Lipinski definition) is 1. The van der Waals surface area contributed by atoms with Crippen molar-refractivity contribution in [2.45, 2.75) is 0 Å². The summed E-state index contributed by atoms with van der Waals surface area (Å²) < 4.78 is 8.74. The zero-order chi connectivity index (χ0) is 3.58. The monoisotopic (exact) mass is 144 g/mol. The Bertz CT molecular complexity index is 42.0. The Morgan fingerprint density at radius 3 is 1.50 bits per heavy atom. The summed E-state index contributed by atoms with van der Waals surface area (Å²) in [4.78, 5) is 14.3. The molecule has 0 amide bonds. The zero-order valence-corrected chi connectivity index (χ0v) is 9.05. The van der Waals surface area contributed by atoms with Gasteiger partial charge in [-0.2, -0.15) is 0 Å². The quantitative estimate of drug-likeness (QED) is 0.336. The molecule has 0 aliphatic rings. The Kier molecular flexibility index (Phi) is 26.4. The van der Waals surface area contributed by atoms with Gasteiger partial charge < -0.3 is 13.9 Å². The first-order valence-corrected chi connectivity index (χ1v) is 1.95. The second-order valence-corrected chi connectivity index (χ2v) is 0.848. The van der Waals surface area contributed by atoms with Crippen molar-refractivity contribution in [1.29, 1.82) is 0 Å². The summed E-state index contributed by atoms with van der Waals surface area (Å²) in [5.74, 6) is 0. The van der Waals surface area contributed by atoms with Crippen LogP contribution < -0.4 is 51.4 Å². The molecule has 0 saturated carbocycles. The molecular weight excluding hydrogens is 139 g/mol. The van der Waals surface area contributed by atoms with Gasteiger partial charge in [0, 0.05) is 0 Å². The average molecular weight is 145 g/mol. The van der Waals surface area contributed by atoms with E-state index in [0.29, 0.717) is 0 Å². The molecular formula is H5KMgO3Si. The molecule has 0 aromatic rings. The molecule has 3 nitrogen and oxygen atoms in total. The van der Waals surface area contributed by atoms with Gasteiger partial charge >= 0.3 is 83.6 Å². The van der Waals surface area contributed by atoms with Gasteiger partial charge in [-0.05, 0) is 0 Å². The Balaban J connectivity index is -0.00000000450. The Morgan fingerprint density at radius 2 is 1.50 bits per heavy atom. The molecule has 6 heavy (non-hydrogen) atoms. The summed E-state index contributed by atoms with van der Waals surface area (Å²) in [7, 11) is -3.13.